The number of carbonyl (C=O) groups excluding carboxylic acids is 1. The second-order valence-electron chi connectivity index (χ2n) is 8.02. The van der Waals surface area contributed by atoms with Gasteiger partial charge in [-0.2, -0.15) is 0 Å². The van der Waals surface area contributed by atoms with E-state index >= 15 is 0 Å². The van der Waals surface area contributed by atoms with Gasteiger partial charge >= 0.3 is 0 Å². The van der Waals surface area contributed by atoms with Crippen LogP contribution in [-0.4, -0.2) is 41.3 Å². The Morgan fingerprint density at radius 2 is 1.85 bits per heavy atom. The second kappa shape index (κ2) is 6.78. The maximum atomic E-state index is 13.3. The molecule has 0 atom stereocenters. The highest BCUT2D eigenvalue weighted by atomic mass is 32.1. The number of nitrogens with zero attached hydrogens (tertiary/aromatic N) is 3. The van der Waals surface area contributed by atoms with Gasteiger partial charge in [0.25, 0.3) is 0 Å². The van der Waals surface area contributed by atoms with Crippen molar-refractivity contribution in [3.05, 3.63) is 52.5 Å². The molecular formula is C21H27N3OS. The van der Waals surface area contributed by atoms with Crippen LogP contribution in [0.2, 0.25) is 0 Å². The molecule has 1 saturated heterocycles. The summed E-state index contributed by atoms with van der Waals surface area (Å²) in [6.07, 6.45) is 8.73. The topological polar surface area (TPSA) is 36.4 Å². The summed E-state index contributed by atoms with van der Waals surface area (Å²) in [4.78, 5) is 23.2. The Hall–Kier alpha value is -1.72. The van der Waals surface area contributed by atoms with Gasteiger partial charge in [-0.1, -0.05) is 6.07 Å². The van der Waals surface area contributed by atoms with Gasteiger partial charge < -0.3 is 4.90 Å². The van der Waals surface area contributed by atoms with Crippen LogP contribution in [0.3, 0.4) is 0 Å². The third kappa shape index (κ3) is 2.87. The van der Waals surface area contributed by atoms with Crippen LogP contribution in [0.5, 0.6) is 0 Å². The second-order valence-corrected chi connectivity index (χ2v) is 8.96. The zero-order valence-corrected chi connectivity index (χ0v) is 16.5. The molecule has 2 fully saturated rings. The van der Waals surface area contributed by atoms with Gasteiger partial charge in [-0.15, -0.1) is 11.3 Å². The van der Waals surface area contributed by atoms with Gasteiger partial charge in [-0.25, -0.2) is 0 Å². The fourth-order valence-corrected chi connectivity index (χ4v) is 5.88. The number of aromatic nitrogens is 1. The molecule has 1 saturated carbocycles. The first-order chi connectivity index (χ1) is 12.6. The molecule has 4 rings (SSSR count). The third-order valence-corrected chi connectivity index (χ3v) is 7.66. The third-order valence-electron chi connectivity index (χ3n) is 6.59. The van der Waals surface area contributed by atoms with Crippen molar-refractivity contribution in [2.24, 2.45) is 5.41 Å². The summed E-state index contributed by atoms with van der Waals surface area (Å²) < 4.78 is 0. The van der Waals surface area contributed by atoms with Crippen LogP contribution < -0.4 is 0 Å². The van der Waals surface area contributed by atoms with E-state index in [1.54, 1.807) is 12.4 Å². The van der Waals surface area contributed by atoms with Gasteiger partial charge in [0.2, 0.25) is 5.91 Å². The molecule has 138 valence electrons. The number of hydrogen-bond donors (Lipinski definition) is 0. The molecule has 26 heavy (non-hydrogen) atoms. The van der Waals surface area contributed by atoms with Gasteiger partial charge in [0.15, 0.2) is 0 Å². The van der Waals surface area contributed by atoms with Crippen LogP contribution in [0.1, 0.15) is 42.5 Å². The van der Waals surface area contributed by atoms with Crippen molar-refractivity contribution in [3.8, 4) is 0 Å². The normalized spacial score (nSPS) is 29.0. The predicted molar refractivity (Wildman–Crippen MR) is 105 cm³/mol. The molecule has 3 heterocycles. The van der Waals surface area contributed by atoms with Gasteiger partial charge in [0.05, 0.1) is 11.0 Å². The van der Waals surface area contributed by atoms with Crippen molar-refractivity contribution >= 4 is 17.2 Å². The highest BCUT2D eigenvalue weighted by molar-refractivity contribution is 7.10. The minimum Gasteiger partial charge on any atom is -0.338 e. The van der Waals surface area contributed by atoms with E-state index in [-0.39, 0.29) is 11.0 Å². The van der Waals surface area contributed by atoms with Gasteiger partial charge in [-0.3, -0.25) is 14.7 Å². The fraction of sp³-hybridized carbons (Fsp3) is 0.524. The maximum absolute atomic E-state index is 13.3. The van der Waals surface area contributed by atoms with E-state index in [9.17, 15) is 4.79 Å². The van der Waals surface area contributed by atoms with Gasteiger partial charge in [0.1, 0.15) is 0 Å². The average Bonchev–Trinajstić information content (AvgIpc) is 3.29. The molecule has 1 amide bonds. The molecule has 0 radical (unpaired) electrons. The highest BCUT2D eigenvalue weighted by Crippen LogP contribution is 2.53. The van der Waals surface area contributed by atoms with Crippen molar-refractivity contribution in [2.45, 2.75) is 44.2 Å². The van der Waals surface area contributed by atoms with E-state index in [4.69, 9.17) is 0 Å². The van der Waals surface area contributed by atoms with E-state index in [0.717, 1.165) is 38.6 Å². The van der Waals surface area contributed by atoms with E-state index < -0.39 is 0 Å². The number of carbonyl (C=O) groups is 1. The Morgan fingerprint density at radius 3 is 2.46 bits per heavy atom. The molecule has 5 heteroatoms. The number of pyridine rings is 1. The molecule has 0 bridgehead atoms. The summed E-state index contributed by atoms with van der Waals surface area (Å²) in [6, 6.07) is 8.42. The van der Waals surface area contributed by atoms with Crippen LogP contribution in [0, 0.1) is 5.41 Å². The summed E-state index contributed by atoms with van der Waals surface area (Å²) in [5.41, 5.74) is 1.13. The first-order valence-corrected chi connectivity index (χ1v) is 10.3. The molecule has 1 spiro atoms. The summed E-state index contributed by atoms with van der Waals surface area (Å²) in [5.74, 6) is 0.368. The van der Waals surface area contributed by atoms with Crippen LogP contribution in [0.15, 0.2) is 42.0 Å². The maximum Gasteiger partial charge on any atom is 0.229 e. The van der Waals surface area contributed by atoms with Crippen molar-refractivity contribution in [2.75, 3.05) is 20.6 Å². The van der Waals surface area contributed by atoms with Crippen LogP contribution >= 0.6 is 11.3 Å². The molecule has 0 N–H and O–H groups in total. The lowest BCUT2D eigenvalue weighted by atomic mass is 9.65. The van der Waals surface area contributed by atoms with Crippen molar-refractivity contribution in [3.63, 3.8) is 0 Å². The van der Waals surface area contributed by atoms with Gasteiger partial charge in [-0.05, 0) is 75.3 Å². The Labute approximate surface area is 159 Å². The summed E-state index contributed by atoms with van der Waals surface area (Å²) in [5, 5.41) is 2.17. The Balaban J connectivity index is 1.49. The van der Waals surface area contributed by atoms with E-state index in [2.05, 4.69) is 46.4 Å². The fourth-order valence-electron chi connectivity index (χ4n) is 4.82. The van der Waals surface area contributed by atoms with E-state index in [0.29, 0.717) is 12.5 Å². The van der Waals surface area contributed by atoms with Crippen molar-refractivity contribution in [1.29, 1.82) is 0 Å². The molecule has 0 aromatic carbocycles. The zero-order chi connectivity index (χ0) is 18.2. The smallest absolute Gasteiger partial charge is 0.229 e. The van der Waals surface area contributed by atoms with E-state index in [1.807, 2.05) is 23.5 Å². The zero-order valence-electron chi connectivity index (χ0n) is 15.6. The lowest BCUT2D eigenvalue weighted by Crippen LogP contribution is -2.48. The lowest BCUT2D eigenvalue weighted by Gasteiger charge is -2.47. The highest BCUT2D eigenvalue weighted by Gasteiger charge is 2.52. The summed E-state index contributed by atoms with van der Waals surface area (Å²) >= 11 is 1.85. The molecule has 2 aliphatic rings. The number of hydrogen-bond acceptors (Lipinski definition) is 4. The quantitative estimate of drug-likeness (QED) is 0.820. The molecule has 0 unspecified atom stereocenters. The number of rotatable bonds is 4. The minimum absolute atomic E-state index is 0.0955. The van der Waals surface area contributed by atoms with Gasteiger partial charge in [0, 0.05) is 30.4 Å². The molecule has 1 aliphatic carbocycles. The van der Waals surface area contributed by atoms with Crippen LogP contribution in [0.4, 0.5) is 0 Å². The van der Waals surface area contributed by atoms with Crippen LogP contribution in [0.25, 0.3) is 0 Å². The van der Waals surface area contributed by atoms with Crippen molar-refractivity contribution in [1.82, 2.24) is 14.8 Å². The summed E-state index contributed by atoms with van der Waals surface area (Å²) in [7, 11) is 4.37. The predicted octanol–water partition coefficient (Wildman–Crippen LogP) is 3.89. The van der Waals surface area contributed by atoms with E-state index in [1.165, 1.54) is 10.4 Å². The Morgan fingerprint density at radius 1 is 1.12 bits per heavy atom. The SMILES string of the molecule is CN(C)C1(c2cccs2)CCC2(CCN(Cc3ccncc3)C2=O)CC1. The first kappa shape index (κ1) is 17.7. The lowest BCUT2D eigenvalue weighted by molar-refractivity contribution is -0.139. The average molecular weight is 370 g/mol. The monoisotopic (exact) mass is 369 g/mol. The Kier molecular flexibility index (Phi) is 4.61. The first-order valence-electron chi connectivity index (χ1n) is 9.46. The molecule has 2 aromatic heterocycles. The molecule has 1 aliphatic heterocycles. The molecule has 4 nitrogen and oxygen atoms in total. The Bertz CT molecular complexity index is 749. The standard InChI is InChI=1S/C21H27N3OS/c1-23(2)21(18-4-3-15-26-18)9-7-20(8-10-21)11-14-24(19(20)25)16-17-5-12-22-13-6-17/h3-6,12-13,15H,7-11,14,16H2,1-2H3. The molecule has 2 aromatic rings. The summed E-state index contributed by atoms with van der Waals surface area (Å²) in [6.45, 7) is 1.60. The molecular weight excluding hydrogens is 342 g/mol. The van der Waals surface area contributed by atoms with Crippen LogP contribution in [-0.2, 0) is 16.9 Å². The minimum atomic E-state index is -0.135. The largest absolute Gasteiger partial charge is 0.338 e. The number of thiophene rings is 1. The van der Waals surface area contributed by atoms with Crippen molar-refractivity contribution < 1.29 is 4.79 Å². The number of likely N-dealkylation sites (tertiary alicyclic amines) is 1. The number of amides is 1.